The Morgan fingerprint density at radius 2 is 2.00 bits per heavy atom. The lowest BCUT2D eigenvalue weighted by molar-refractivity contribution is 0.0152. The summed E-state index contributed by atoms with van der Waals surface area (Å²) in [5.41, 5.74) is 1.01. The van der Waals surface area contributed by atoms with E-state index < -0.39 is 18.6 Å². The molecule has 0 spiro atoms. The molecule has 0 aliphatic rings. The number of rotatable bonds is 6. The standard InChI is InChI=1S/C12H15NO3/c13-6-11(12(15)7-14)9-16-8-10-4-2-1-3-5-10/h1-5,11-12,14-15H,7-9H2/t11-,12+/m1/s1. The van der Waals surface area contributed by atoms with Crippen molar-refractivity contribution < 1.29 is 14.9 Å². The summed E-state index contributed by atoms with van der Waals surface area (Å²) in [5.74, 6) is -0.686. The Hall–Kier alpha value is -1.41. The number of hydrogen-bond acceptors (Lipinski definition) is 4. The van der Waals surface area contributed by atoms with Gasteiger partial charge in [0.15, 0.2) is 0 Å². The van der Waals surface area contributed by atoms with Crippen LogP contribution < -0.4 is 0 Å². The molecule has 1 aromatic carbocycles. The summed E-state index contributed by atoms with van der Waals surface area (Å²) < 4.78 is 5.30. The van der Waals surface area contributed by atoms with Gasteiger partial charge in [-0.15, -0.1) is 0 Å². The number of nitriles is 1. The highest BCUT2D eigenvalue weighted by atomic mass is 16.5. The van der Waals surface area contributed by atoms with Crippen molar-refractivity contribution in [3.8, 4) is 6.07 Å². The Kier molecular flexibility index (Phi) is 5.51. The van der Waals surface area contributed by atoms with Crippen molar-refractivity contribution >= 4 is 0 Å². The maximum atomic E-state index is 9.26. The molecule has 0 fully saturated rings. The highest BCUT2D eigenvalue weighted by Crippen LogP contribution is 2.06. The summed E-state index contributed by atoms with van der Waals surface area (Å²) in [4.78, 5) is 0. The first kappa shape index (κ1) is 12.7. The predicted octanol–water partition coefficient (Wildman–Crippen LogP) is 0.696. The summed E-state index contributed by atoms with van der Waals surface area (Å²) in [7, 11) is 0. The van der Waals surface area contributed by atoms with Gasteiger partial charge >= 0.3 is 0 Å². The van der Waals surface area contributed by atoms with Gasteiger partial charge in [0.1, 0.15) is 0 Å². The third-order valence-corrected chi connectivity index (χ3v) is 2.23. The van der Waals surface area contributed by atoms with Crippen LogP contribution in [0.4, 0.5) is 0 Å². The molecule has 16 heavy (non-hydrogen) atoms. The fourth-order valence-electron chi connectivity index (χ4n) is 1.24. The molecule has 86 valence electrons. The molecule has 0 aromatic heterocycles. The van der Waals surface area contributed by atoms with Gasteiger partial charge in [0, 0.05) is 0 Å². The van der Waals surface area contributed by atoms with Crippen LogP contribution in [0, 0.1) is 17.2 Å². The van der Waals surface area contributed by atoms with Crippen LogP contribution in [0.3, 0.4) is 0 Å². The molecule has 4 heteroatoms. The quantitative estimate of drug-likeness (QED) is 0.741. The van der Waals surface area contributed by atoms with Gasteiger partial charge in [-0.3, -0.25) is 0 Å². The Labute approximate surface area is 94.7 Å². The zero-order chi connectivity index (χ0) is 11.8. The Morgan fingerprint density at radius 3 is 2.56 bits per heavy atom. The van der Waals surface area contributed by atoms with Crippen LogP contribution >= 0.6 is 0 Å². The van der Waals surface area contributed by atoms with E-state index in [9.17, 15) is 5.11 Å². The molecule has 1 rings (SSSR count). The van der Waals surface area contributed by atoms with E-state index in [1.807, 2.05) is 36.4 Å². The third kappa shape index (κ3) is 3.99. The van der Waals surface area contributed by atoms with E-state index in [1.54, 1.807) is 0 Å². The SMILES string of the molecule is N#C[C@H](COCc1ccccc1)[C@@H](O)CO. The molecule has 0 saturated heterocycles. The predicted molar refractivity (Wildman–Crippen MR) is 58.3 cm³/mol. The van der Waals surface area contributed by atoms with Crippen molar-refractivity contribution in [2.75, 3.05) is 13.2 Å². The van der Waals surface area contributed by atoms with Gasteiger partial charge < -0.3 is 14.9 Å². The van der Waals surface area contributed by atoms with E-state index in [0.29, 0.717) is 6.61 Å². The molecule has 2 N–H and O–H groups in total. The van der Waals surface area contributed by atoms with Crippen molar-refractivity contribution in [2.45, 2.75) is 12.7 Å². The molecule has 0 aliphatic heterocycles. The van der Waals surface area contributed by atoms with Gasteiger partial charge in [0.05, 0.1) is 37.9 Å². The monoisotopic (exact) mass is 221 g/mol. The summed E-state index contributed by atoms with van der Waals surface area (Å²) in [6.45, 7) is 0.0945. The zero-order valence-corrected chi connectivity index (χ0v) is 8.91. The molecule has 0 saturated carbocycles. The smallest absolute Gasteiger partial charge is 0.0978 e. The number of hydrogen-bond donors (Lipinski definition) is 2. The van der Waals surface area contributed by atoms with Crippen LogP contribution in [-0.4, -0.2) is 29.5 Å². The van der Waals surface area contributed by atoms with Crippen LogP contribution in [-0.2, 0) is 11.3 Å². The molecule has 0 amide bonds. The molecule has 2 atom stereocenters. The minimum Gasteiger partial charge on any atom is -0.394 e. The fourth-order valence-corrected chi connectivity index (χ4v) is 1.24. The second kappa shape index (κ2) is 6.96. The Morgan fingerprint density at radius 1 is 1.31 bits per heavy atom. The van der Waals surface area contributed by atoms with Crippen molar-refractivity contribution in [2.24, 2.45) is 5.92 Å². The van der Waals surface area contributed by atoms with E-state index in [-0.39, 0.29) is 6.61 Å². The van der Waals surface area contributed by atoms with Gasteiger partial charge in [-0.05, 0) is 5.56 Å². The first-order valence-electron chi connectivity index (χ1n) is 5.08. The molecule has 0 unspecified atom stereocenters. The fraction of sp³-hybridized carbons (Fsp3) is 0.417. The molecule has 0 radical (unpaired) electrons. The molecule has 0 heterocycles. The van der Waals surface area contributed by atoms with E-state index in [0.717, 1.165) is 5.56 Å². The van der Waals surface area contributed by atoms with Gasteiger partial charge in [-0.1, -0.05) is 30.3 Å². The zero-order valence-electron chi connectivity index (χ0n) is 8.91. The lowest BCUT2D eigenvalue weighted by Gasteiger charge is -2.14. The second-order valence-electron chi connectivity index (χ2n) is 3.49. The van der Waals surface area contributed by atoms with Crippen molar-refractivity contribution in [3.05, 3.63) is 35.9 Å². The van der Waals surface area contributed by atoms with Gasteiger partial charge in [-0.25, -0.2) is 0 Å². The highest BCUT2D eigenvalue weighted by molar-refractivity contribution is 5.13. The number of benzene rings is 1. The van der Waals surface area contributed by atoms with E-state index in [4.69, 9.17) is 15.1 Å². The first-order chi connectivity index (χ1) is 7.77. The highest BCUT2D eigenvalue weighted by Gasteiger charge is 2.17. The topological polar surface area (TPSA) is 73.5 Å². The summed E-state index contributed by atoms with van der Waals surface area (Å²) in [5, 5.41) is 26.7. The van der Waals surface area contributed by atoms with Crippen LogP contribution in [0.1, 0.15) is 5.56 Å². The second-order valence-corrected chi connectivity index (χ2v) is 3.49. The van der Waals surface area contributed by atoms with Crippen LogP contribution in [0.15, 0.2) is 30.3 Å². The van der Waals surface area contributed by atoms with Crippen LogP contribution in [0.5, 0.6) is 0 Å². The van der Waals surface area contributed by atoms with E-state index >= 15 is 0 Å². The first-order valence-corrected chi connectivity index (χ1v) is 5.08. The maximum absolute atomic E-state index is 9.26. The number of nitrogens with zero attached hydrogens (tertiary/aromatic N) is 1. The van der Waals surface area contributed by atoms with E-state index in [2.05, 4.69) is 0 Å². The van der Waals surface area contributed by atoms with E-state index in [1.165, 1.54) is 0 Å². The minimum absolute atomic E-state index is 0.118. The normalized spacial score (nSPS) is 14.1. The van der Waals surface area contributed by atoms with Gasteiger partial charge in [0.2, 0.25) is 0 Å². The Bertz CT molecular complexity index is 334. The Balaban J connectivity index is 2.32. The van der Waals surface area contributed by atoms with Gasteiger partial charge in [0.25, 0.3) is 0 Å². The average Bonchev–Trinajstić information content (AvgIpc) is 2.35. The summed E-state index contributed by atoms with van der Waals surface area (Å²) in [6, 6.07) is 11.5. The molecular formula is C12H15NO3. The van der Waals surface area contributed by atoms with Crippen molar-refractivity contribution in [1.29, 1.82) is 5.26 Å². The summed E-state index contributed by atoms with van der Waals surface area (Å²) in [6.07, 6.45) is -1.04. The molecule has 4 nitrogen and oxygen atoms in total. The minimum atomic E-state index is -1.04. The van der Waals surface area contributed by atoms with Crippen molar-refractivity contribution in [1.82, 2.24) is 0 Å². The third-order valence-electron chi connectivity index (χ3n) is 2.23. The summed E-state index contributed by atoms with van der Waals surface area (Å²) >= 11 is 0. The maximum Gasteiger partial charge on any atom is 0.0978 e. The molecule has 1 aromatic rings. The van der Waals surface area contributed by atoms with Crippen LogP contribution in [0.25, 0.3) is 0 Å². The molecule has 0 aliphatic carbocycles. The number of aliphatic hydroxyl groups excluding tert-OH is 2. The molecule has 0 bridgehead atoms. The largest absolute Gasteiger partial charge is 0.394 e. The van der Waals surface area contributed by atoms with Gasteiger partial charge in [-0.2, -0.15) is 5.26 Å². The van der Waals surface area contributed by atoms with Crippen LogP contribution in [0.2, 0.25) is 0 Å². The number of aliphatic hydroxyl groups is 2. The lowest BCUT2D eigenvalue weighted by Crippen LogP contribution is -2.26. The molecular weight excluding hydrogens is 206 g/mol. The number of ether oxygens (including phenoxy) is 1. The van der Waals surface area contributed by atoms with Crippen molar-refractivity contribution in [3.63, 3.8) is 0 Å². The average molecular weight is 221 g/mol. The lowest BCUT2D eigenvalue weighted by atomic mass is 10.1.